The summed E-state index contributed by atoms with van der Waals surface area (Å²) in [6.07, 6.45) is 4.77. The minimum absolute atomic E-state index is 0.195. The van der Waals surface area contributed by atoms with Gasteiger partial charge in [-0.15, -0.1) is 0 Å². The smallest absolute Gasteiger partial charge is 0.213 e. The second-order valence-corrected chi connectivity index (χ2v) is 5.06. The first-order valence-electron chi connectivity index (χ1n) is 5.85. The van der Waals surface area contributed by atoms with E-state index < -0.39 is 0 Å². The Morgan fingerprint density at radius 1 is 1.10 bits per heavy atom. The number of fused-ring (bicyclic) bond motifs is 1. The molecule has 2 heterocycles. The first-order valence-corrected chi connectivity index (χ1v) is 6.61. The average molecular weight is 303 g/mol. The molecule has 0 saturated heterocycles. The Kier molecular flexibility index (Phi) is 3.38. The van der Waals surface area contributed by atoms with Crippen molar-refractivity contribution >= 4 is 39.8 Å². The SMILES string of the molecule is O=C(c1ncc(Cl)cc1Cl)c1cccc2cnccc12. The van der Waals surface area contributed by atoms with E-state index in [1.165, 1.54) is 12.3 Å². The van der Waals surface area contributed by atoms with Crippen molar-refractivity contribution in [1.29, 1.82) is 0 Å². The van der Waals surface area contributed by atoms with Gasteiger partial charge >= 0.3 is 0 Å². The molecule has 20 heavy (non-hydrogen) atoms. The van der Waals surface area contributed by atoms with E-state index >= 15 is 0 Å². The van der Waals surface area contributed by atoms with E-state index in [0.29, 0.717) is 10.6 Å². The molecule has 0 unspecified atom stereocenters. The molecule has 3 aromatic rings. The molecule has 2 aromatic heterocycles. The number of ketones is 1. The lowest BCUT2D eigenvalue weighted by molar-refractivity contribution is 0.103. The van der Waals surface area contributed by atoms with Crippen molar-refractivity contribution < 1.29 is 4.79 Å². The maximum Gasteiger partial charge on any atom is 0.213 e. The second-order valence-electron chi connectivity index (χ2n) is 4.22. The fraction of sp³-hybridized carbons (Fsp3) is 0. The molecule has 3 nitrogen and oxygen atoms in total. The summed E-state index contributed by atoms with van der Waals surface area (Å²) in [6.45, 7) is 0. The summed E-state index contributed by atoms with van der Waals surface area (Å²) in [5, 5.41) is 2.35. The van der Waals surface area contributed by atoms with Crippen LogP contribution < -0.4 is 0 Å². The van der Waals surface area contributed by atoms with Crippen molar-refractivity contribution in [1.82, 2.24) is 9.97 Å². The summed E-state index contributed by atoms with van der Waals surface area (Å²) in [6, 6.07) is 8.76. The van der Waals surface area contributed by atoms with Crippen LogP contribution in [0.5, 0.6) is 0 Å². The van der Waals surface area contributed by atoms with Gasteiger partial charge < -0.3 is 0 Å². The van der Waals surface area contributed by atoms with E-state index in [2.05, 4.69) is 9.97 Å². The molecule has 3 rings (SSSR count). The van der Waals surface area contributed by atoms with Crippen LogP contribution in [-0.4, -0.2) is 15.8 Å². The Morgan fingerprint density at radius 3 is 2.75 bits per heavy atom. The predicted molar refractivity (Wildman–Crippen MR) is 79.4 cm³/mol. The highest BCUT2D eigenvalue weighted by Gasteiger charge is 2.17. The van der Waals surface area contributed by atoms with Gasteiger partial charge in [-0.3, -0.25) is 9.78 Å². The minimum Gasteiger partial charge on any atom is -0.287 e. The zero-order valence-electron chi connectivity index (χ0n) is 10.2. The Bertz CT molecular complexity index is 813. The van der Waals surface area contributed by atoms with E-state index in [1.807, 2.05) is 6.07 Å². The third-order valence-corrected chi connectivity index (χ3v) is 3.44. The van der Waals surface area contributed by atoms with Gasteiger partial charge in [-0.25, -0.2) is 4.98 Å². The molecule has 0 radical (unpaired) electrons. The number of halogens is 2. The normalized spacial score (nSPS) is 10.7. The molecule has 0 amide bonds. The molecule has 0 aliphatic carbocycles. The Hall–Kier alpha value is -1.97. The van der Waals surface area contributed by atoms with Gasteiger partial charge in [0.25, 0.3) is 0 Å². The van der Waals surface area contributed by atoms with Crippen molar-refractivity contribution in [3.63, 3.8) is 0 Å². The number of carbonyl (C=O) groups is 1. The van der Waals surface area contributed by atoms with Gasteiger partial charge in [0.15, 0.2) is 0 Å². The Balaban J connectivity index is 2.18. The van der Waals surface area contributed by atoms with Gasteiger partial charge in [-0.05, 0) is 17.5 Å². The van der Waals surface area contributed by atoms with E-state index in [9.17, 15) is 4.79 Å². The predicted octanol–water partition coefficient (Wildman–Crippen LogP) is 4.17. The summed E-state index contributed by atoms with van der Waals surface area (Å²) in [7, 11) is 0. The minimum atomic E-state index is -0.233. The van der Waals surface area contributed by atoms with Crippen molar-refractivity contribution in [3.05, 3.63) is 70.2 Å². The molecule has 0 saturated carbocycles. The highest BCUT2D eigenvalue weighted by atomic mass is 35.5. The van der Waals surface area contributed by atoms with E-state index in [1.54, 1.807) is 30.6 Å². The molecule has 0 N–H and O–H groups in total. The summed E-state index contributed by atoms with van der Waals surface area (Å²) >= 11 is 11.8. The van der Waals surface area contributed by atoms with E-state index in [0.717, 1.165) is 10.8 Å². The van der Waals surface area contributed by atoms with Gasteiger partial charge in [-0.2, -0.15) is 0 Å². The standard InChI is InChI=1S/C15H8Cl2N2O/c16-10-6-13(17)14(19-8-10)15(20)12-3-1-2-9-7-18-5-4-11(9)12/h1-8H. The fourth-order valence-corrected chi connectivity index (χ4v) is 2.50. The van der Waals surface area contributed by atoms with Crippen molar-refractivity contribution in [2.75, 3.05) is 0 Å². The number of pyridine rings is 2. The van der Waals surface area contributed by atoms with Gasteiger partial charge in [0.1, 0.15) is 5.69 Å². The molecule has 0 aliphatic rings. The van der Waals surface area contributed by atoms with E-state index in [-0.39, 0.29) is 16.5 Å². The zero-order chi connectivity index (χ0) is 14.1. The van der Waals surface area contributed by atoms with Gasteiger partial charge in [0.2, 0.25) is 5.78 Å². The number of carbonyl (C=O) groups excluding carboxylic acids is 1. The first kappa shape index (κ1) is 13.0. The number of nitrogens with zero attached hydrogens (tertiary/aromatic N) is 2. The molecule has 1 aromatic carbocycles. The number of aromatic nitrogens is 2. The number of hydrogen-bond donors (Lipinski definition) is 0. The third kappa shape index (κ3) is 2.26. The molecular weight excluding hydrogens is 295 g/mol. The molecular formula is C15H8Cl2N2O. The molecule has 0 bridgehead atoms. The van der Waals surface area contributed by atoms with Gasteiger partial charge in [0.05, 0.1) is 10.0 Å². The molecule has 98 valence electrons. The van der Waals surface area contributed by atoms with Crippen LogP contribution >= 0.6 is 23.2 Å². The van der Waals surface area contributed by atoms with Crippen LogP contribution in [0.2, 0.25) is 10.0 Å². The van der Waals surface area contributed by atoms with Crippen LogP contribution in [0.4, 0.5) is 0 Å². The van der Waals surface area contributed by atoms with Crippen LogP contribution in [0.15, 0.2) is 48.9 Å². The van der Waals surface area contributed by atoms with Crippen molar-refractivity contribution in [2.24, 2.45) is 0 Å². The molecule has 0 atom stereocenters. The summed E-state index contributed by atoms with van der Waals surface area (Å²) in [5.74, 6) is -0.233. The first-order chi connectivity index (χ1) is 9.66. The lowest BCUT2D eigenvalue weighted by Crippen LogP contribution is -2.05. The monoisotopic (exact) mass is 302 g/mol. The zero-order valence-corrected chi connectivity index (χ0v) is 11.7. The van der Waals surface area contributed by atoms with Gasteiger partial charge in [0, 0.05) is 29.5 Å². The number of benzene rings is 1. The molecule has 0 spiro atoms. The van der Waals surface area contributed by atoms with Crippen LogP contribution in [0.25, 0.3) is 10.8 Å². The Morgan fingerprint density at radius 2 is 1.95 bits per heavy atom. The third-order valence-electron chi connectivity index (χ3n) is 2.95. The van der Waals surface area contributed by atoms with E-state index in [4.69, 9.17) is 23.2 Å². The number of rotatable bonds is 2. The second kappa shape index (κ2) is 5.19. The van der Waals surface area contributed by atoms with Crippen LogP contribution in [0.1, 0.15) is 16.1 Å². The largest absolute Gasteiger partial charge is 0.287 e. The van der Waals surface area contributed by atoms with Crippen LogP contribution in [-0.2, 0) is 0 Å². The molecule has 0 aliphatic heterocycles. The lowest BCUT2D eigenvalue weighted by Gasteiger charge is -2.06. The summed E-state index contributed by atoms with van der Waals surface area (Å²) in [5.41, 5.74) is 0.738. The molecule has 0 fully saturated rings. The molecule has 5 heteroatoms. The maximum absolute atomic E-state index is 12.6. The highest BCUT2D eigenvalue weighted by molar-refractivity contribution is 6.37. The van der Waals surface area contributed by atoms with Gasteiger partial charge in [-0.1, -0.05) is 41.4 Å². The average Bonchev–Trinajstić information content (AvgIpc) is 2.46. The van der Waals surface area contributed by atoms with Crippen LogP contribution in [0, 0.1) is 0 Å². The summed E-state index contributed by atoms with van der Waals surface area (Å²) in [4.78, 5) is 20.7. The fourth-order valence-electron chi connectivity index (χ4n) is 2.03. The topological polar surface area (TPSA) is 42.9 Å². The lowest BCUT2D eigenvalue weighted by atomic mass is 10.0. The highest BCUT2D eigenvalue weighted by Crippen LogP contribution is 2.24. The van der Waals surface area contributed by atoms with Crippen molar-refractivity contribution in [2.45, 2.75) is 0 Å². The van der Waals surface area contributed by atoms with Crippen molar-refractivity contribution in [3.8, 4) is 0 Å². The maximum atomic E-state index is 12.6. The number of hydrogen-bond acceptors (Lipinski definition) is 3. The summed E-state index contributed by atoms with van der Waals surface area (Å²) < 4.78 is 0. The quantitative estimate of drug-likeness (QED) is 0.667. The Labute approximate surface area is 125 Å². The van der Waals surface area contributed by atoms with Crippen LogP contribution in [0.3, 0.4) is 0 Å².